The Kier molecular flexibility index (Phi) is 3.35. The molecule has 6 heteroatoms. The maximum atomic E-state index is 6.03. The van der Waals surface area contributed by atoms with Gasteiger partial charge in [0.05, 0.1) is 25.6 Å². The van der Waals surface area contributed by atoms with Gasteiger partial charge in [0, 0.05) is 23.9 Å². The molecule has 0 amide bonds. The van der Waals surface area contributed by atoms with Crippen molar-refractivity contribution in [1.29, 1.82) is 0 Å². The minimum atomic E-state index is 0.247. The van der Waals surface area contributed by atoms with Crippen molar-refractivity contribution in [3.8, 4) is 23.0 Å². The van der Waals surface area contributed by atoms with Gasteiger partial charge in [0.1, 0.15) is 0 Å². The minimum absolute atomic E-state index is 0.247. The van der Waals surface area contributed by atoms with Crippen LogP contribution in [-0.2, 0) is 0 Å². The molecule has 0 radical (unpaired) electrons. The molecule has 0 fully saturated rings. The largest absolute Gasteiger partial charge is 0.493 e. The Morgan fingerprint density at radius 1 is 1.00 bits per heavy atom. The molecule has 3 rings (SSSR count). The summed E-state index contributed by atoms with van der Waals surface area (Å²) in [6, 6.07) is 9.11. The zero-order chi connectivity index (χ0) is 14.8. The zero-order valence-electron chi connectivity index (χ0n) is 11.8. The quantitative estimate of drug-likeness (QED) is 0.843. The van der Waals surface area contributed by atoms with Gasteiger partial charge in [-0.1, -0.05) is 0 Å². The van der Waals surface area contributed by atoms with Crippen LogP contribution in [-0.4, -0.2) is 21.0 Å². The van der Waals surface area contributed by atoms with Crippen LogP contribution in [0.25, 0.3) is 0 Å². The normalized spacial score (nSPS) is 12.1. The highest BCUT2D eigenvalue weighted by Gasteiger charge is 2.14. The van der Waals surface area contributed by atoms with E-state index in [-0.39, 0.29) is 6.79 Å². The van der Waals surface area contributed by atoms with Crippen LogP contribution < -0.4 is 30.0 Å². The van der Waals surface area contributed by atoms with Gasteiger partial charge < -0.3 is 30.0 Å². The number of nitrogens with one attached hydrogen (secondary N) is 1. The first kappa shape index (κ1) is 13.2. The Labute approximate surface area is 122 Å². The first-order valence-electron chi connectivity index (χ1n) is 6.39. The van der Waals surface area contributed by atoms with E-state index < -0.39 is 0 Å². The number of ether oxygens (including phenoxy) is 4. The van der Waals surface area contributed by atoms with Crippen molar-refractivity contribution in [1.82, 2.24) is 0 Å². The fourth-order valence-corrected chi connectivity index (χ4v) is 2.13. The Morgan fingerprint density at radius 2 is 1.71 bits per heavy atom. The molecule has 0 unspecified atom stereocenters. The summed E-state index contributed by atoms with van der Waals surface area (Å²) < 4.78 is 21.1. The third-order valence-corrected chi connectivity index (χ3v) is 3.21. The fraction of sp³-hybridized carbons (Fsp3) is 0.200. The van der Waals surface area contributed by atoms with Gasteiger partial charge in [0.15, 0.2) is 23.0 Å². The third kappa shape index (κ3) is 2.47. The molecule has 2 aromatic rings. The fourth-order valence-electron chi connectivity index (χ4n) is 2.13. The summed E-state index contributed by atoms with van der Waals surface area (Å²) in [5.41, 5.74) is 8.16. The van der Waals surface area contributed by atoms with Gasteiger partial charge in [0.25, 0.3) is 0 Å². The Balaban J connectivity index is 1.91. The van der Waals surface area contributed by atoms with Crippen molar-refractivity contribution >= 4 is 17.1 Å². The van der Waals surface area contributed by atoms with E-state index in [4.69, 9.17) is 24.7 Å². The van der Waals surface area contributed by atoms with Crippen molar-refractivity contribution in [2.45, 2.75) is 0 Å². The molecular formula is C15H16N2O4. The maximum absolute atomic E-state index is 6.03. The Bertz CT molecular complexity index is 673. The molecule has 6 nitrogen and oxygen atoms in total. The summed E-state index contributed by atoms with van der Waals surface area (Å²) in [5.74, 6) is 2.64. The standard InChI is InChI=1S/C15H16N2O4/c1-18-13-6-10(16)11(7-14(13)19-2)17-9-3-4-12-15(5-9)21-8-20-12/h3-7,17H,8,16H2,1-2H3. The number of hydrogen-bond donors (Lipinski definition) is 2. The number of anilines is 3. The molecule has 1 heterocycles. The van der Waals surface area contributed by atoms with Crippen molar-refractivity contribution in [2.75, 3.05) is 32.1 Å². The first-order chi connectivity index (χ1) is 10.2. The van der Waals surface area contributed by atoms with E-state index in [2.05, 4.69) is 5.32 Å². The van der Waals surface area contributed by atoms with Crippen molar-refractivity contribution in [3.63, 3.8) is 0 Å². The van der Waals surface area contributed by atoms with Crippen LogP contribution >= 0.6 is 0 Å². The molecule has 0 saturated carbocycles. The van der Waals surface area contributed by atoms with Gasteiger partial charge >= 0.3 is 0 Å². The lowest BCUT2D eigenvalue weighted by atomic mass is 10.2. The van der Waals surface area contributed by atoms with Gasteiger partial charge in [-0.3, -0.25) is 0 Å². The van der Waals surface area contributed by atoms with Crippen LogP contribution in [0.2, 0.25) is 0 Å². The van der Waals surface area contributed by atoms with Crippen LogP contribution in [0.3, 0.4) is 0 Å². The number of nitrogens with two attached hydrogens (primary N) is 1. The summed E-state index contributed by atoms with van der Waals surface area (Å²) in [7, 11) is 3.15. The molecule has 3 N–H and O–H groups in total. The van der Waals surface area contributed by atoms with E-state index in [0.717, 1.165) is 17.1 Å². The number of fused-ring (bicyclic) bond motifs is 1. The van der Waals surface area contributed by atoms with E-state index in [1.165, 1.54) is 0 Å². The lowest BCUT2D eigenvalue weighted by Gasteiger charge is -2.14. The molecule has 0 aliphatic carbocycles. The van der Waals surface area contributed by atoms with Gasteiger partial charge in [0.2, 0.25) is 6.79 Å². The molecule has 0 bridgehead atoms. The predicted octanol–water partition coefficient (Wildman–Crippen LogP) is 2.76. The SMILES string of the molecule is COc1cc(N)c(Nc2ccc3c(c2)OCO3)cc1OC. The van der Waals surface area contributed by atoms with E-state index in [1.54, 1.807) is 26.4 Å². The van der Waals surface area contributed by atoms with Crippen LogP contribution in [0.5, 0.6) is 23.0 Å². The Hall–Kier alpha value is -2.76. The lowest BCUT2D eigenvalue weighted by Crippen LogP contribution is -1.99. The topological polar surface area (TPSA) is 75.0 Å². The molecule has 0 saturated heterocycles. The second-order valence-corrected chi connectivity index (χ2v) is 4.49. The van der Waals surface area contributed by atoms with E-state index in [0.29, 0.717) is 22.9 Å². The third-order valence-electron chi connectivity index (χ3n) is 3.21. The molecule has 0 atom stereocenters. The summed E-state index contributed by atoms with van der Waals surface area (Å²) in [5, 5.41) is 3.23. The molecule has 21 heavy (non-hydrogen) atoms. The summed E-state index contributed by atoms with van der Waals surface area (Å²) >= 11 is 0. The number of nitrogen functional groups attached to an aromatic ring is 1. The molecule has 2 aromatic carbocycles. The van der Waals surface area contributed by atoms with Crippen molar-refractivity contribution < 1.29 is 18.9 Å². The van der Waals surface area contributed by atoms with Gasteiger partial charge in [-0.15, -0.1) is 0 Å². The zero-order valence-corrected chi connectivity index (χ0v) is 11.8. The van der Waals surface area contributed by atoms with E-state index >= 15 is 0 Å². The van der Waals surface area contributed by atoms with Crippen LogP contribution in [0.4, 0.5) is 17.1 Å². The lowest BCUT2D eigenvalue weighted by molar-refractivity contribution is 0.174. The van der Waals surface area contributed by atoms with E-state index in [1.807, 2.05) is 18.2 Å². The molecule has 1 aliphatic heterocycles. The highest BCUT2D eigenvalue weighted by atomic mass is 16.7. The average molecular weight is 288 g/mol. The van der Waals surface area contributed by atoms with Gasteiger partial charge in [-0.25, -0.2) is 0 Å². The van der Waals surface area contributed by atoms with E-state index in [9.17, 15) is 0 Å². The minimum Gasteiger partial charge on any atom is -0.493 e. The first-order valence-corrected chi connectivity index (χ1v) is 6.39. The summed E-state index contributed by atoms with van der Waals surface area (Å²) in [6.45, 7) is 0.247. The highest BCUT2D eigenvalue weighted by Crippen LogP contribution is 2.38. The Morgan fingerprint density at radius 3 is 2.48 bits per heavy atom. The molecule has 110 valence electrons. The number of rotatable bonds is 4. The number of hydrogen-bond acceptors (Lipinski definition) is 6. The average Bonchev–Trinajstić information content (AvgIpc) is 2.96. The number of methoxy groups -OCH3 is 2. The summed E-state index contributed by atoms with van der Waals surface area (Å²) in [4.78, 5) is 0. The molecule has 0 aromatic heterocycles. The van der Waals surface area contributed by atoms with Crippen LogP contribution in [0.15, 0.2) is 30.3 Å². The summed E-state index contributed by atoms with van der Waals surface area (Å²) in [6.07, 6.45) is 0. The second kappa shape index (κ2) is 5.32. The maximum Gasteiger partial charge on any atom is 0.231 e. The van der Waals surface area contributed by atoms with Crippen LogP contribution in [0.1, 0.15) is 0 Å². The highest BCUT2D eigenvalue weighted by molar-refractivity contribution is 5.77. The van der Waals surface area contributed by atoms with Crippen LogP contribution in [0, 0.1) is 0 Å². The second-order valence-electron chi connectivity index (χ2n) is 4.49. The predicted molar refractivity (Wildman–Crippen MR) is 79.8 cm³/mol. The molecule has 1 aliphatic rings. The van der Waals surface area contributed by atoms with Gasteiger partial charge in [-0.05, 0) is 12.1 Å². The van der Waals surface area contributed by atoms with Crippen molar-refractivity contribution in [3.05, 3.63) is 30.3 Å². The molecular weight excluding hydrogens is 272 g/mol. The number of benzene rings is 2. The van der Waals surface area contributed by atoms with Gasteiger partial charge in [-0.2, -0.15) is 0 Å². The molecule has 0 spiro atoms. The monoisotopic (exact) mass is 288 g/mol. The smallest absolute Gasteiger partial charge is 0.231 e. The van der Waals surface area contributed by atoms with Crippen molar-refractivity contribution in [2.24, 2.45) is 0 Å².